The maximum absolute atomic E-state index is 11.9. The van der Waals surface area contributed by atoms with Crippen LogP contribution in [-0.2, 0) is 4.79 Å². The molecule has 0 aromatic heterocycles. The highest BCUT2D eigenvalue weighted by molar-refractivity contribution is 9.09. The molecule has 0 saturated heterocycles. The summed E-state index contributed by atoms with van der Waals surface area (Å²) in [6.45, 7) is 0. The zero-order chi connectivity index (χ0) is 12.9. The standard InChI is InChI=1S/C11H17BrF3NO/c12-7-8-3-1-2-4-9(8)16-10(17)5-6-11(13,14)15/h8-9H,1-7H2,(H,16,17). The molecule has 1 rings (SSSR count). The van der Waals surface area contributed by atoms with E-state index in [1.54, 1.807) is 0 Å². The van der Waals surface area contributed by atoms with E-state index in [-0.39, 0.29) is 6.04 Å². The fraction of sp³-hybridized carbons (Fsp3) is 0.909. The topological polar surface area (TPSA) is 29.1 Å². The normalized spacial score (nSPS) is 25.6. The Bertz CT molecular complexity index is 258. The number of hydrogen-bond acceptors (Lipinski definition) is 1. The van der Waals surface area contributed by atoms with Crippen molar-refractivity contribution in [2.75, 3.05) is 5.33 Å². The molecule has 0 radical (unpaired) electrons. The summed E-state index contributed by atoms with van der Waals surface area (Å²) in [5, 5.41) is 3.51. The van der Waals surface area contributed by atoms with Crippen molar-refractivity contribution in [3.8, 4) is 0 Å². The molecule has 1 fully saturated rings. The summed E-state index contributed by atoms with van der Waals surface area (Å²) in [7, 11) is 0. The van der Waals surface area contributed by atoms with Crippen LogP contribution in [0.5, 0.6) is 0 Å². The van der Waals surface area contributed by atoms with E-state index in [1.165, 1.54) is 0 Å². The average molecular weight is 316 g/mol. The fourth-order valence-corrected chi connectivity index (χ4v) is 2.89. The molecule has 6 heteroatoms. The van der Waals surface area contributed by atoms with Gasteiger partial charge in [0.1, 0.15) is 0 Å². The van der Waals surface area contributed by atoms with E-state index < -0.39 is 24.9 Å². The van der Waals surface area contributed by atoms with Gasteiger partial charge in [-0.25, -0.2) is 0 Å². The first kappa shape index (κ1) is 14.8. The number of carbonyl (C=O) groups excluding carboxylic acids is 1. The number of amides is 1. The maximum atomic E-state index is 11.9. The molecule has 1 N–H and O–H groups in total. The number of hydrogen-bond donors (Lipinski definition) is 1. The van der Waals surface area contributed by atoms with E-state index >= 15 is 0 Å². The third kappa shape index (κ3) is 5.75. The second kappa shape index (κ2) is 6.61. The molecule has 0 bridgehead atoms. The van der Waals surface area contributed by atoms with Gasteiger partial charge in [-0.3, -0.25) is 4.79 Å². The molecule has 1 aliphatic carbocycles. The summed E-state index contributed by atoms with van der Waals surface area (Å²) < 4.78 is 35.8. The largest absolute Gasteiger partial charge is 0.389 e. The van der Waals surface area contributed by atoms with Gasteiger partial charge in [-0.05, 0) is 18.8 Å². The molecule has 1 aliphatic rings. The van der Waals surface area contributed by atoms with Gasteiger partial charge in [0.25, 0.3) is 0 Å². The van der Waals surface area contributed by atoms with Gasteiger partial charge >= 0.3 is 6.18 Å². The summed E-state index contributed by atoms with van der Waals surface area (Å²) in [5.41, 5.74) is 0. The van der Waals surface area contributed by atoms with E-state index in [0.717, 1.165) is 31.0 Å². The Balaban J connectivity index is 2.33. The summed E-state index contributed by atoms with van der Waals surface area (Å²) in [5.74, 6) is -0.140. The van der Waals surface area contributed by atoms with Gasteiger partial charge in [0.2, 0.25) is 5.91 Å². The average Bonchev–Trinajstić information content (AvgIpc) is 2.26. The van der Waals surface area contributed by atoms with Crippen LogP contribution >= 0.6 is 15.9 Å². The quantitative estimate of drug-likeness (QED) is 0.791. The van der Waals surface area contributed by atoms with Gasteiger partial charge < -0.3 is 5.32 Å². The van der Waals surface area contributed by atoms with Crippen molar-refractivity contribution in [3.05, 3.63) is 0 Å². The molecular weight excluding hydrogens is 299 g/mol. The minimum absolute atomic E-state index is 0.0314. The minimum Gasteiger partial charge on any atom is -0.353 e. The van der Waals surface area contributed by atoms with Crippen LogP contribution in [0.2, 0.25) is 0 Å². The van der Waals surface area contributed by atoms with Crippen molar-refractivity contribution in [3.63, 3.8) is 0 Å². The van der Waals surface area contributed by atoms with Gasteiger partial charge in [0, 0.05) is 17.8 Å². The molecule has 0 aliphatic heterocycles. The third-order valence-corrected chi connectivity index (χ3v) is 3.92. The van der Waals surface area contributed by atoms with Crippen molar-refractivity contribution in [2.45, 2.75) is 50.7 Å². The van der Waals surface area contributed by atoms with Crippen LogP contribution in [0.3, 0.4) is 0 Å². The molecule has 100 valence electrons. The van der Waals surface area contributed by atoms with Crippen LogP contribution in [0.1, 0.15) is 38.5 Å². The Hall–Kier alpha value is -0.260. The van der Waals surface area contributed by atoms with Crippen LogP contribution < -0.4 is 5.32 Å². The number of rotatable bonds is 4. The molecular formula is C11H17BrF3NO. The highest BCUT2D eigenvalue weighted by Gasteiger charge is 2.30. The van der Waals surface area contributed by atoms with Crippen LogP contribution in [0.15, 0.2) is 0 Å². The highest BCUT2D eigenvalue weighted by atomic mass is 79.9. The number of nitrogens with one attached hydrogen (secondary N) is 1. The van der Waals surface area contributed by atoms with Gasteiger partial charge in [-0.2, -0.15) is 13.2 Å². The SMILES string of the molecule is O=C(CCC(F)(F)F)NC1CCCCC1CBr. The summed E-state index contributed by atoms with van der Waals surface area (Å²) >= 11 is 3.38. The molecule has 1 saturated carbocycles. The lowest BCUT2D eigenvalue weighted by Crippen LogP contribution is -2.42. The van der Waals surface area contributed by atoms with Gasteiger partial charge in [0.05, 0.1) is 6.42 Å². The lowest BCUT2D eigenvalue weighted by molar-refractivity contribution is -0.144. The van der Waals surface area contributed by atoms with E-state index in [1.807, 2.05) is 0 Å². The van der Waals surface area contributed by atoms with E-state index in [2.05, 4.69) is 21.2 Å². The Kier molecular flexibility index (Phi) is 5.76. The highest BCUT2D eigenvalue weighted by Crippen LogP contribution is 2.26. The predicted molar refractivity (Wildman–Crippen MR) is 63.0 cm³/mol. The second-order valence-electron chi connectivity index (χ2n) is 4.49. The zero-order valence-electron chi connectivity index (χ0n) is 9.52. The lowest BCUT2D eigenvalue weighted by Gasteiger charge is -2.31. The maximum Gasteiger partial charge on any atom is 0.389 e. The zero-order valence-corrected chi connectivity index (χ0v) is 11.1. The van der Waals surface area contributed by atoms with Gasteiger partial charge in [-0.1, -0.05) is 28.8 Å². The minimum atomic E-state index is -4.25. The van der Waals surface area contributed by atoms with Crippen LogP contribution in [0, 0.1) is 5.92 Å². The first-order valence-electron chi connectivity index (χ1n) is 5.84. The molecule has 2 nitrogen and oxygen atoms in total. The molecule has 0 aromatic rings. The Morgan fingerprint density at radius 3 is 2.53 bits per heavy atom. The van der Waals surface area contributed by atoms with Crippen LogP contribution in [0.25, 0.3) is 0 Å². The number of carbonyl (C=O) groups is 1. The van der Waals surface area contributed by atoms with E-state index in [0.29, 0.717) is 5.92 Å². The van der Waals surface area contributed by atoms with Crippen molar-refractivity contribution in [2.24, 2.45) is 5.92 Å². The van der Waals surface area contributed by atoms with Crippen LogP contribution in [-0.4, -0.2) is 23.5 Å². The molecule has 1 amide bonds. The van der Waals surface area contributed by atoms with E-state index in [9.17, 15) is 18.0 Å². The summed E-state index contributed by atoms with van der Waals surface area (Å²) in [6, 6.07) is 0.0314. The Labute approximate surface area is 107 Å². The third-order valence-electron chi connectivity index (χ3n) is 3.09. The first-order valence-corrected chi connectivity index (χ1v) is 6.96. The molecule has 0 heterocycles. The van der Waals surface area contributed by atoms with Crippen molar-refractivity contribution >= 4 is 21.8 Å². The number of halogens is 4. The molecule has 2 unspecified atom stereocenters. The van der Waals surface area contributed by atoms with Gasteiger partial charge in [-0.15, -0.1) is 0 Å². The molecule has 0 aromatic carbocycles. The van der Waals surface area contributed by atoms with Gasteiger partial charge in [0.15, 0.2) is 0 Å². The van der Waals surface area contributed by atoms with Crippen LogP contribution in [0.4, 0.5) is 13.2 Å². The molecule has 0 spiro atoms. The second-order valence-corrected chi connectivity index (χ2v) is 5.14. The molecule has 2 atom stereocenters. The van der Waals surface area contributed by atoms with Crippen molar-refractivity contribution in [1.29, 1.82) is 0 Å². The lowest BCUT2D eigenvalue weighted by atomic mass is 9.86. The predicted octanol–water partition coefficient (Wildman–Crippen LogP) is 3.40. The van der Waals surface area contributed by atoms with Crippen molar-refractivity contribution < 1.29 is 18.0 Å². The molecule has 17 heavy (non-hydrogen) atoms. The summed E-state index contributed by atoms with van der Waals surface area (Å²) in [6.07, 6.45) is -1.69. The monoisotopic (exact) mass is 315 g/mol. The number of alkyl halides is 4. The Morgan fingerprint density at radius 1 is 1.29 bits per heavy atom. The van der Waals surface area contributed by atoms with E-state index in [4.69, 9.17) is 0 Å². The smallest absolute Gasteiger partial charge is 0.353 e. The Morgan fingerprint density at radius 2 is 1.94 bits per heavy atom. The fourth-order valence-electron chi connectivity index (χ4n) is 2.12. The van der Waals surface area contributed by atoms with Crippen molar-refractivity contribution in [1.82, 2.24) is 5.32 Å². The summed E-state index contributed by atoms with van der Waals surface area (Å²) in [4.78, 5) is 11.4. The first-order chi connectivity index (χ1) is 7.92.